The van der Waals surface area contributed by atoms with Gasteiger partial charge in [-0.05, 0) is 79.8 Å². The molecule has 5 rings (SSSR count). The molecule has 0 amide bonds. The van der Waals surface area contributed by atoms with Crippen molar-refractivity contribution in [2.24, 2.45) is 0 Å². The monoisotopic (exact) mass is 504 g/mol. The van der Waals surface area contributed by atoms with Crippen LogP contribution in [0.3, 0.4) is 0 Å². The molecule has 0 saturated carbocycles. The minimum atomic E-state index is -0.392. The van der Waals surface area contributed by atoms with Crippen LogP contribution in [0, 0.1) is 11.6 Å². The second kappa shape index (κ2) is 10.0. The Morgan fingerprint density at radius 1 is 0.944 bits per heavy atom. The molecule has 1 N–H and O–H groups in total. The lowest BCUT2D eigenvalue weighted by atomic mass is 10.1. The fraction of sp³-hybridized carbons (Fsp3) is 0.148. The molecule has 0 unspecified atom stereocenters. The van der Waals surface area contributed by atoms with Gasteiger partial charge < -0.3 is 10.2 Å². The van der Waals surface area contributed by atoms with E-state index < -0.39 is 5.82 Å². The number of nitrogens with one attached hydrogen (secondary N) is 1. The van der Waals surface area contributed by atoms with E-state index in [1.165, 1.54) is 24.3 Å². The van der Waals surface area contributed by atoms with E-state index in [1.807, 2.05) is 36.8 Å². The minimum Gasteiger partial charge on any atom is -0.350 e. The van der Waals surface area contributed by atoms with Crippen LogP contribution in [0.2, 0.25) is 5.02 Å². The third-order valence-corrected chi connectivity index (χ3v) is 6.01. The van der Waals surface area contributed by atoms with E-state index in [0.717, 1.165) is 34.6 Å². The maximum Gasteiger partial charge on any atom is 0.223 e. The first kappa shape index (κ1) is 23.8. The van der Waals surface area contributed by atoms with E-state index in [0.29, 0.717) is 28.9 Å². The zero-order valence-corrected chi connectivity index (χ0v) is 20.5. The minimum absolute atomic E-state index is 0.315. The van der Waals surface area contributed by atoms with Crippen molar-refractivity contribution in [3.05, 3.63) is 101 Å². The van der Waals surface area contributed by atoms with Crippen LogP contribution in [-0.4, -0.2) is 38.3 Å². The van der Waals surface area contributed by atoms with Gasteiger partial charge in [0.15, 0.2) is 0 Å². The average Bonchev–Trinajstić information content (AvgIpc) is 3.22. The highest BCUT2D eigenvalue weighted by Crippen LogP contribution is 2.32. The molecule has 0 aliphatic heterocycles. The number of anilines is 1. The molecule has 3 heterocycles. The maximum atomic E-state index is 13.6. The lowest BCUT2D eigenvalue weighted by Gasteiger charge is -2.11. The fourth-order valence-electron chi connectivity index (χ4n) is 4.02. The highest BCUT2D eigenvalue weighted by Gasteiger charge is 2.18. The van der Waals surface area contributed by atoms with Gasteiger partial charge >= 0.3 is 0 Å². The molecule has 0 atom stereocenters. The predicted molar refractivity (Wildman–Crippen MR) is 138 cm³/mol. The van der Waals surface area contributed by atoms with Crippen LogP contribution in [0.5, 0.6) is 0 Å². The lowest BCUT2D eigenvalue weighted by molar-refractivity contribution is 0.402. The van der Waals surface area contributed by atoms with E-state index in [9.17, 15) is 8.78 Å². The van der Waals surface area contributed by atoms with Crippen LogP contribution in [0.15, 0.2) is 73.1 Å². The van der Waals surface area contributed by atoms with Crippen LogP contribution in [0.25, 0.3) is 28.3 Å². The summed E-state index contributed by atoms with van der Waals surface area (Å²) in [7, 11) is 4.03. The van der Waals surface area contributed by atoms with E-state index in [2.05, 4.69) is 15.2 Å². The second-order valence-corrected chi connectivity index (χ2v) is 9.08. The van der Waals surface area contributed by atoms with Gasteiger partial charge in [0, 0.05) is 36.1 Å². The highest BCUT2D eigenvalue weighted by molar-refractivity contribution is 6.31. The fourth-order valence-corrected chi connectivity index (χ4v) is 4.25. The topological polar surface area (TPSA) is 58.4 Å². The number of fused-ring (bicyclic) bond motifs is 1. The quantitative estimate of drug-likeness (QED) is 0.292. The molecule has 182 valence electrons. The molecule has 0 fully saturated rings. The zero-order chi connectivity index (χ0) is 25.2. The number of pyridine rings is 1. The Labute approximate surface area is 212 Å². The highest BCUT2D eigenvalue weighted by atomic mass is 35.5. The maximum absolute atomic E-state index is 13.6. The van der Waals surface area contributed by atoms with Gasteiger partial charge in [0.1, 0.15) is 17.3 Å². The molecule has 0 aliphatic carbocycles. The Balaban J connectivity index is 1.56. The molecule has 0 saturated heterocycles. The predicted octanol–water partition coefficient (Wildman–Crippen LogP) is 6.06. The van der Waals surface area contributed by atoms with Gasteiger partial charge in [-0.1, -0.05) is 17.7 Å². The van der Waals surface area contributed by atoms with Crippen molar-refractivity contribution in [3.63, 3.8) is 0 Å². The molecule has 3 aromatic heterocycles. The summed E-state index contributed by atoms with van der Waals surface area (Å²) in [6.45, 7) is 1.10. The Hall–Kier alpha value is -3.88. The number of imidazole rings is 1. The zero-order valence-electron chi connectivity index (χ0n) is 19.7. The van der Waals surface area contributed by atoms with Gasteiger partial charge in [0.2, 0.25) is 5.95 Å². The standard InChI is InChI=1S/C27H23ClF2N6/c1-35(2)16-17-10-12-36-24(13-17)34-25(18-3-6-20(29)7-4-18)26(36)23-9-11-31-27(33-23)32-15-19-5-8-21(30)14-22(19)28/h3-14H,15-16H2,1-2H3,(H,31,32,33). The van der Waals surface area contributed by atoms with Gasteiger partial charge in [-0.25, -0.2) is 23.7 Å². The number of hydrogen-bond acceptors (Lipinski definition) is 5. The summed E-state index contributed by atoms with van der Waals surface area (Å²) in [5.41, 5.74) is 5.47. The molecular weight excluding hydrogens is 482 g/mol. The number of hydrogen-bond donors (Lipinski definition) is 1. The molecule has 0 radical (unpaired) electrons. The Kier molecular flexibility index (Phi) is 6.63. The van der Waals surface area contributed by atoms with Crippen molar-refractivity contribution >= 4 is 23.2 Å². The number of nitrogens with zero attached hydrogens (tertiary/aromatic N) is 5. The van der Waals surface area contributed by atoms with Gasteiger partial charge in [0.25, 0.3) is 0 Å². The summed E-state index contributed by atoms with van der Waals surface area (Å²) in [6.07, 6.45) is 3.63. The SMILES string of the molecule is CN(C)Cc1ccn2c(-c3ccnc(NCc4ccc(F)cc4Cl)n3)c(-c3ccc(F)cc3)nc2c1. The third-order valence-electron chi connectivity index (χ3n) is 5.66. The van der Waals surface area contributed by atoms with Crippen molar-refractivity contribution < 1.29 is 8.78 Å². The second-order valence-electron chi connectivity index (χ2n) is 8.67. The first-order chi connectivity index (χ1) is 17.4. The van der Waals surface area contributed by atoms with Crippen LogP contribution in [0.4, 0.5) is 14.7 Å². The number of halogens is 3. The van der Waals surface area contributed by atoms with Gasteiger partial charge in [-0.2, -0.15) is 0 Å². The smallest absolute Gasteiger partial charge is 0.223 e. The van der Waals surface area contributed by atoms with Crippen molar-refractivity contribution in [1.29, 1.82) is 0 Å². The molecule has 0 spiro atoms. The molecule has 9 heteroatoms. The third kappa shape index (κ3) is 5.05. The van der Waals surface area contributed by atoms with Crippen molar-refractivity contribution in [3.8, 4) is 22.6 Å². The summed E-state index contributed by atoms with van der Waals surface area (Å²) < 4.78 is 29.0. The Morgan fingerprint density at radius 2 is 1.72 bits per heavy atom. The van der Waals surface area contributed by atoms with Crippen molar-refractivity contribution in [2.45, 2.75) is 13.1 Å². The molecule has 2 aromatic carbocycles. The van der Waals surface area contributed by atoms with E-state index >= 15 is 0 Å². The van der Waals surface area contributed by atoms with Crippen LogP contribution in [-0.2, 0) is 13.1 Å². The van der Waals surface area contributed by atoms with Gasteiger partial charge in [-0.3, -0.25) is 4.40 Å². The van der Waals surface area contributed by atoms with E-state index in [1.54, 1.807) is 30.5 Å². The van der Waals surface area contributed by atoms with Crippen molar-refractivity contribution in [1.82, 2.24) is 24.3 Å². The van der Waals surface area contributed by atoms with Gasteiger partial charge in [-0.15, -0.1) is 0 Å². The normalized spacial score (nSPS) is 11.4. The first-order valence-corrected chi connectivity index (χ1v) is 11.7. The summed E-state index contributed by atoms with van der Waals surface area (Å²) >= 11 is 6.16. The lowest BCUT2D eigenvalue weighted by Crippen LogP contribution is -2.10. The molecule has 6 nitrogen and oxygen atoms in total. The van der Waals surface area contributed by atoms with Crippen LogP contribution in [0.1, 0.15) is 11.1 Å². The number of aromatic nitrogens is 4. The molecule has 0 aliphatic rings. The molecule has 0 bridgehead atoms. The van der Waals surface area contributed by atoms with Crippen molar-refractivity contribution in [2.75, 3.05) is 19.4 Å². The van der Waals surface area contributed by atoms with E-state index in [-0.39, 0.29) is 5.82 Å². The molecule has 36 heavy (non-hydrogen) atoms. The van der Waals surface area contributed by atoms with E-state index in [4.69, 9.17) is 21.6 Å². The summed E-state index contributed by atoms with van der Waals surface area (Å²) in [6, 6.07) is 16.4. The van der Waals surface area contributed by atoms with Crippen LogP contribution >= 0.6 is 11.6 Å². The number of rotatable bonds is 7. The Bertz CT molecular complexity index is 1530. The van der Waals surface area contributed by atoms with Crippen LogP contribution < -0.4 is 5.32 Å². The summed E-state index contributed by atoms with van der Waals surface area (Å²) in [5, 5.41) is 3.48. The largest absolute Gasteiger partial charge is 0.350 e. The molecule has 5 aromatic rings. The number of benzene rings is 2. The van der Waals surface area contributed by atoms with Gasteiger partial charge in [0.05, 0.1) is 17.1 Å². The Morgan fingerprint density at radius 3 is 2.47 bits per heavy atom. The summed E-state index contributed by atoms with van der Waals surface area (Å²) in [5.74, 6) is -0.320. The molecular formula is C27H23ClF2N6. The summed E-state index contributed by atoms with van der Waals surface area (Å²) in [4.78, 5) is 16.0. The average molecular weight is 505 g/mol. The first-order valence-electron chi connectivity index (χ1n) is 11.3.